The van der Waals surface area contributed by atoms with E-state index in [9.17, 15) is 14.7 Å². The molecular weight excluding hydrogens is 314 g/mol. The van der Waals surface area contributed by atoms with Gasteiger partial charge in [0.15, 0.2) is 0 Å². The summed E-state index contributed by atoms with van der Waals surface area (Å²) in [5, 5.41) is 19.9. The van der Waals surface area contributed by atoms with Crippen LogP contribution in [0.2, 0.25) is 0 Å². The van der Waals surface area contributed by atoms with Crippen molar-refractivity contribution in [2.75, 3.05) is 5.75 Å². The zero-order chi connectivity index (χ0) is 15.1. The van der Waals surface area contributed by atoms with E-state index in [1.165, 1.54) is 28.4 Å². The van der Waals surface area contributed by atoms with Crippen molar-refractivity contribution in [3.63, 3.8) is 0 Å². The quantitative estimate of drug-likeness (QED) is 0.516. The maximum atomic E-state index is 11.9. The lowest BCUT2D eigenvalue weighted by molar-refractivity contribution is -0.148. The Morgan fingerprint density at radius 1 is 1.71 bits per heavy atom. The molecule has 8 nitrogen and oxygen atoms in total. The monoisotopic (exact) mass is 327 g/mol. The van der Waals surface area contributed by atoms with Gasteiger partial charge in [0, 0.05) is 11.0 Å². The second-order valence-electron chi connectivity index (χ2n) is 4.69. The van der Waals surface area contributed by atoms with Crippen LogP contribution in [0.25, 0.3) is 0 Å². The summed E-state index contributed by atoms with van der Waals surface area (Å²) in [6.45, 7) is 1.89. The number of carboxylic acids is 1. The molecule has 2 unspecified atom stereocenters. The average molecular weight is 327 g/mol. The zero-order valence-corrected chi connectivity index (χ0v) is 12.6. The SMILES string of the molecule is CC(Sc1c[nH]nn1)C1=C(C(=O)O)N2C(=O)C(N)[C@@H]2SC1. The Kier molecular flexibility index (Phi) is 3.68. The molecular formula is C11H13N5O3S2. The van der Waals surface area contributed by atoms with E-state index < -0.39 is 12.0 Å². The van der Waals surface area contributed by atoms with E-state index in [1.807, 2.05) is 6.92 Å². The number of aliphatic carboxylic acids is 1. The largest absolute Gasteiger partial charge is 0.477 e. The molecule has 0 saturated carbocycles. The van der Waals surface area contributed by atoms with Gasteiger partial charge in [-0.1, -0.05) is 17.0 Å². The molecule has 2 aliphatic heterocycles. The fraction of sp³-hybridized carbons (Fsp3) is 0.455. The number of β-lactam (4-membered cyclic amide) rings is 1. The summed E-state index contributed by atoms with van der Waals surface area (Å²) in [5.41, 5.74) is 6.48. The number of hydrogen-bond acceptors (Lipinski definition) is 7. The number of nitrogens with two attached hydrogens (primary N) is 1. The molecule has 2 aliphatic rings. The van der Waals surface area contributed by atoms with Crippen LogP contribution in [0.15, 0.2) is 22.5 Å². The van der Waals surface area contributed by atoms with E-state index in [0.717, 1.165) is 0 Å². The standard InChI is InChI=1S/C11H13N5O3S2/c1-4(21-6-2-13-15-14-6)5-3-20-10-7(12)9(17)16(10)8(5)11(18)19/h2,4,7,10H,3,12H2,1H3,(H,18,19)(H,13,14,15)/t4?,7?,10-/m0/s1. The minimum atomic E-state index is -1.09. The Hall–Kier alpha value is -1.52. The molecule has 10 heteroatoms. The molecule has 0 aliphatic carbocycles. The van der Waals surface area contributed by atoms with Gasteiger partial charge in [-0.2, -0.15) is 0 Å². The molecule has 3 atom stereocenters. The maximum absolute atomic E-state index is 11.9. The summed E-state index contributed by atoms with van der Waals surface area (Å²) in [7, 11) is 0. The van der Waals surface area contributed by atoms with Gasteiger partial charge < -0.3 is 10.8 Å². The molecule has 112 valence electrons. The first-order valence-electron chi connectivity index (χ1n) is 6.20. The lowest BCUT2D eigenvalue weighted by Gasteiger charge is -2.48. The zero-order valence-electron chi connectivity index (χ0n) is 11.0. The number of amides is 1. The van der Waals surface area contributed by atoms with E-state index in [0.29, 0.717) is 16.4 Å². The van der Waals surface area contributed by atoms with Crippen molar-refractivity contribution in [1.82, 2.24) is 20.3 Å². The molecule has 4 N–H and O–H groups in total. The molecule has 0 spiro atoms. The lowest BCUT2D eigenvalue weighted by atomic mass is 10.0. The molecule has 1 saturated heterocycles. The number of carbonyl (C=O) groups excluding carboxylic acids is 1. The smallest absolute Gasteiger partial charge is 0.352 e. The van der Waals surface area contributed by atoms with Crippen LogP contribution in [0, 0.1) is 0 Å². The summed E-state index contributed by atoms with van der Waals surface area (Å²) < 4.78 is 0. The highest BCUT2D eigenvalue weighted by Gasteiger charge is 2.52. The fourth-order valence-electron chi connectivity index (χ4n) is 2.35. The number of hydrogen-bond donors (Lipinski definition) is 3. The molecule has 21 heavy (non-hydrogen) atoms. The predicted octanol–water partition coefficient (Wildman–Crippen LogP) is -0.134. The van der Waals surface area contributed by atoms with E-state index in [-0.39, 0.29) is 22.2 Å². The Bertz CT molecular complexity index is 617. The minimum Gasteiger partial charge on any atom is -0.477 e. The number of H-pyrrole nitrogens is 1. The fourth-order valence-corrected chi connectivity index (χ4v) is 4.78. The number of fused-ring (bicyclic) bond motifs is 1. The highest BCUT2D eigenvalue weighted by atomic mass is 32.2. The first-order chi connectivity index (χ1) is 10.0. The number of carbonyl (C=O) groups is 2. The molecule has 0 bridgehead atoms. The van der Waals surface area contributed by atoms with Gasteiger partial charge in [0.05, 0.1) is 6.20 Å². The van der Waals surface area contributed by atoms with Crippen LogP contribution in [0.4, 0.5) is 0 Å². The summed E-state index contributed by atoms with van der Waals surface area (Å²) in [6, 6.07) is -0.607. The van der Waals surface area contributed by atoms with Crippen LogP contribution >= 0.6 is 23.5 Å². The van der Waals surface area contributed by atoms with Gasteiger partial charge in [-0.25, -0.2) is 4.79 Å². The molecule has 0 radical (unpaired) electrons. The van der Waals surface area contributed by atoms with E-state index in [4.69, 9.17) is 5.73 Å². The molecule has 0 aromatic carbocycles. The van der Waals surface area contributed by atoms with Crippen molar-refractivity contribution in [2.45, 2.75) is 28.6 Å². The highest BCUT2D eigenvalue weighted by Crippen LogP contribution is 2.42. The van der Waals surface area contributed by atoms with Crippen LogP contribution in [0.5, 0.6) is 0 Å². The molecule has 1 amide bonds. The van der Waals surface area contributed by atoms with Crippen molar-refractivity contribution >= 4 is 35.4 Å². The number of rotatable bonds is 4. The Labute approximate surface area is 128 Å². The Balaban J connectivity index is 1.90. The van der Waals surface area contributed by atoms with Crippen LogP contribution in [-0.4, -0.2) is 59.7 Å². The average Bonchev–Trinajstić information content (AvgIpc) is 2.97. The molecule has 3 heterocycles. The van der Waals surface area contributed by atoms with Crippen LogP contribution < -0.4 is 5.73 Å². The van der Waals surface area contributed by atoms with Gasteiger partial charge in [-0.15, -0.1) is 16.9 Å². The Morgan fingerprint density at radius 3 is 3.10 bits per heavy atom. The third-order valence-electron chi connectivity index (χ3n) is 3.42. The first-order valence-corrected chi connectivity index (χ1v) is 8.13. The van der Waals surface area contributed by atoms with E-state index in [2.05, 4.69) is 15.4 Å². The number of aromatic amines is 1. The molecule has 1 aromatic rings. The maximum Gasteiger partial charge on any atom is 0.352 e. The lowest BCUT2D eigenvalue weighted by Crippen LogP contribution is -2.68. The van der Waals surface area contributed by atoms with Crippen molar-refractivity contribution in [3.05, 3.63) is 17.5 Å². The predicted molar refractivity (Wildman–Crippen MR) is 77.4 cm³/mol. The van der Waals surface area contributed by atoms with Crippen molar-refractivity contribution < 1.29 is 14.7 Å². The molecule has 3 rings (SSSR count). The van der Waals surface area contributed by atoms with Crippen LogP contribution in [0.1, 0.15) is 6.92 Å². The summed E-state index contributed by atoms with van der Waals surface area (Å²) in [5.74, 6) is -0.889. The van der Waals surface area contributed by atoms with Crippen molar-refractivity contribution in [2.24, 2.45) is 5.73 Å². The summed E-state index contributed by atoms with van der Waals surface area (Å²) in [4.78, 5) is 24.7. The van der Waals surface area contributed by atoms with Gasteiger partial charge in [0.1, 0.15) is 22.1 Å². The number of aromatic nitrogens is 3. The van der Waals surface area contributed by atoms with Gasteiger partial charge in [0.25, 0.3) is 0 Å². The minimum absolute atomic E-state index is 0.0638. The van der Waals surface area contributed by atoms with Crippen LogP contribution in [0.3, 0.4) is 0 Å². The molecule has 1 fully saturated rings. The first kappa shape index (κ1) is 14.4. The topological polar surface area (TPSA) is 125 Å². The normalized spacial score (nSPS) is 26.4. The Morgan fingerprint density at radius 2 is 2.48 bits per heavy atom. The summed E-state index contributed by atoms with van der Waals surface area (Å²) in [6.07, 6.45) is 1.64. The summed E-state index contributed by atoms with van der Waals surface area (Å²) >= 11 is 2.90. The van der Waals surface area contributed by atoms with Gasteiger partial charge in [-0.3, -0.25) is 14.8 Å². The molecule has 1 aromatic heterocycles. The number of nitrogens with zero attached hydrogens (tertiary/aromatic N) is 3. The van der Waals surface area contributed by atoms with E-state index >= 15 is 0 Å². The van der Waals surface area contributed by atoms with E-state index in [1.54, 1.807) is 6.20 Å². The number of nitrogens with one attached hydrogen (secondary N) is 1. The third kappa shape index (κ3) is 2.32. The van der Waals surface area contributed by atoms with Crippen molar-refractivity contribution in [3.8, 4) is 0 Å². The van der Waals surface area contributed by atoms with Crippen LogP contribution in [-0.2, 0) is 9.59 Å². The number of carboxylic acid groups (broad SMARTS) is 1. The van der Waals surface area contributed by atoms with Crippen molar-refractivity contribution in [1.29, 1.82) is 0 Å². The second kappa shape index (κ2) is 5.35. The third-order valence-corrected chi connectivity index (χ3v) is 5.83. The highest BCUT2D eigenvalue weighted by molar-refractivity contribution is 8.01. The van der Waals surface area contributed by atoms with Gasteiger partial charge in [-0.05, 0) is 12.5 Å². The second-order valence-corrected chi connectivity index (χ2v) is 7.15. The van der Waals surface area contributed by atoms with Gasteiger partial charge in [0.2, 0.25) is 5.91 Å². The van der Waals surface area contributed by atoms with Gasteiger partial charge >= 0.3 is 5.97 Å². The number of thioether (sulfide) groups is 2.